The van der Waals surface area contributed by atoms with Gasteiger partial charge < -0.3 is 5.32 Å². The molecule has 4 rings (SSSR count). The molecule has 0 unspecified atom stereocenters. The van der Waals surface area contributed by atoms with Crippen molar-refractivity contribution >= 4 is 22.5 Å². The van der Waals surface area contributed by atoms with Crippen molar-refractivity contribution in [2.24, 2.45) is 0 Å². The highest BCUT2D eigenvalue weighted by Crippen LogP contribution is 2.23. The van der Waals surface area contributed by atoms with Crippen molar-refractivity contribution in [2.75, 3.05) is 5.32 Å². The van der Waals surface area contributed by atoms with Crippen LogP contribution >= 0.6 is 0 Å². The van der Waals surface area contributed by atoms with E-state index >= 15 is 0 Å². The summed E-state index contributed by atoms with van der Waals surface area (Å²) in [4.78, 5) is 26.5. The number of aromatic nitrogens is 4. The Morgan fingerprint density at radius 2 is 1.66 bits per heavy atom. The number of aryl methyl sites for hydroxylation is 4. The summed E-state index contributed by atoms with van der Waals surface area (Å²) in [5.41, 5.74) is 5.14. The molecule has 0 radical (unpaired) electrons. The Kier molecular flexibility index (Phi) is 5.65. The van der Waals surface area contributed by atoms with E-state index in [0.717, 1.165) is 27.9 Å². The normalized spacial score (nSPS) is 12.2. The quantitative estimate of drug-likeness (QED) is 0.510. The van der Waals surface area contributed by atoms with Crippen LogP contribution in [0.5, 0.6) is 0 Å². The molecule has 1 amide bonds. The summed E-state index contributed by atoms with van der Waals surface area (Å²) >= 11 is 0. The first-order chi connectivity index (χ1) is 15.3. The van der Waals surface area contributed by atoms with Gasteiger partial charge in [0.15, 0.2) is 5.52 Å². The van der Waals surface area contributed by atoms with E-state index in [9.17, 15) is 9.59 Å². The Hall–Kier alpha value is -3.74. The van der Waals surface area contributed by atoms with Crippen molar-refractivity contribution in [3.63, 3.8) is 0 Å². The van der Waals surface area contributed by atoms with Crippen LogP contribution in [0.3, 0.4) is 0 Å². The van der Waals surface area contributed by atoms with E-state index < -0.39 is 6.04 Å². The van der Waals surface area contributed by atoms with Crippen LogP contribution in [-0.4, -0.2) is 25.5 Å². The minimum atomic E-state index is -0.742. The highest BCUT2D eigenvalue weighted by atomic mass is 16.2. The smallest absolute Gasteiger partial charge is 0.295 e. The number of amides is 1. The molecule has 0 saturated carbocycles. The van der Waals surface area contributed by atoms with Crippen LogP contribution in [0.15, 0.2) is 53.3 Å². The molecule has 0 saturated heterocycles. The predicted octanol–water partition coefficient (Wildman–Crippen LogP) is 4.41. The summed E-state index contributed by atoms with van der Waals surface area (Å²) in [6, 6.07) is 14.8. The number of carbonyl (C=O) groups is 1. The van der Waals surface area contributed by atoms with E-state index in [0.29, 0.717) is 23.3 Å². The van der Waals surface area contributed by atoms with E-state index in [-0.39, 0.29) is 11.5 Å². The van der Waals surface area contributed by atoms with Crippen LogP contribution in [0.2, 0.25) is 0 Å². The number of hydrogen-bond acceptors (Lipinski definition) is 4. The van der Waals surface area contributed by atoms with Crippen molar-refractivity contribution in [3.8, 4) is 5.69 Å². The topological polar surface area (TPSA) is 81.8 Å². The van der Waals surface area contributed by atoms with Gasteiger partial charge in [-0.15, -0.1) is 0 Å². The Morgan fingerprint density at radius 1 is 1.00 bits per heavy atom. The molecule has 0 bridgehead atoms. The maximum absolute atomic E-state index is 13.4. The standard InChI is InChI=1S/C25H27N5O2/c1-6-21(24(31)26-19-13-15(2)12-16(3)14-19)30-25(32)23-22(17(4)27-30)18(5)29(28-23)20-10-8-7-9-11-20/h7-14,21H,6H2,1-5H3,(H,26,31)/t21-/m0/s1. The van der Waals surface area contributed by atoms with Gasteiger partial charge >= 0.3 is 0 Å². The zero-order chi connectivity index (χ0) is 23.0. The monoisotopic (exact) mass is 429 g/mol. The lowest BCUT2D eigenvalue weighted by molar-refractivity contribution is -0.119. The number of fused-ring (bicyclic) bond motifs is 1. The van der Waals surface area contributed by atoms with E-state index in [2.05, 4.69) is 15.5 Å². The predicted molar refractivity (Wildman–Crippen MR) is 126 cm³/mol. The molecule has 0 aliphatic rings. The number of para-hydroxylation sites is 1. The van der Waals surface area contributed by atoms with Crippen LogP contribution in [0, 0.1) is 27.7 Å². The second-order valence-corrected chi connectivity index (χ2v) is 8.18. The van der Waals surface area contributed by atoms with E-state index in [1.807, 2.05) is 83.1 Å². The number of hydrogen-bond donors (Lipinski definition) is 1. The second kappa shape index (κ2) is 8.42. The fraction of sp³-hybridized carbons (Fsp3) is 0.280. The maximum atomic E-state index is 13.4. The van der Waals surface area contributed by atoms with Crippen molar-refractivity contribution in [1.29, 1.82) is 0 Å². The Labute approximate surface area is 186 Å². The third-order valence-corrected chi connectivity index (χ3v) is 5.62. The highest BCUT2D eigenvalue weighted by molar-refractivity contribution is 5.94. The molecular formula is C25H27N5O2. The molecule has 1 N–H and O–H groups in total. The minimum Gasteiger partial charge on any atom is -0.324 e. The molecule has 164 valence electrons. The van der Waals surface area contributed by atoms with E-state index in [4.69, 9.17) is 0 Å². The van der Waals surface area contributed by atoms with Gasteiger partial charge in [0.1, 0.15) is 6.04 Å². The molecule has 0 spiro atoms. The lowest BCUT2D eigenvalue weighted by Crippen LogP contribution is -2.35. The molecule has 0 aliphatic carbocycles. The zero-order valence-electron chi connectivity index (χ0n) is 19.0. The number of rotatable bonds is 5. The fourth-order valence-corrected chi connectivity index (χ4v) is 4.22. The average Bonchev–Trinajstić information content (AvgIpc) is 3.10. The highest BCUT2D eigenvalue weighted by Gasteiger charge is 2.25. The largest absolute Gasteiger partial charge is 0.324 e. The van der Waals surface area contributed by atoms with Gasteiger partial charge in [-0.25, -0.2) is 9.36 Å². The zero-order valence-corrected chi connectivity index (χ0v) is 19.0. The van der Waals surface area contributed by atoms with Gasteiger partial charge in [-0.3, -0.25) is 9.59 Å². The molecule has 2 aromatic carbocycles. The SMILES string of the molecule is CC[C@@H](C(=O)Nc1cc(C)cc(C)c1)n1nc(C)c2c(C)n(-c3ccccc3)nc2c1=O. The molecule has 7 heteroatoms. The van der Waals surface area contributed by atoms with Gasteiger partial charge in [0.25, 0.3) is 5.56 Å². The summed E-state index contributed by atoms with van der Waals surface area (Å²) in [6.07, 6.45) is 0.423. The Balaban J connectivity index is 1.78. The lowest BCUT2D eigenvalue weighted by atomic mass is 10.1. The van der Waals surface area contributed by atoms with Crippen molar-refractivity contribution in [2.45, 2.75) is 47.1 Å². The van der Waals surface area contributed by atoms with E-state index in [1.165, 1.54) is 4.68 Å². The second-order valence-electron chi connectivity index (χ2n) is 8.18. The first-order valence-electron chi connectivity index (χ1n) is 10.7. The third-order valence-electron chi connectivity index (χ3n) is 5.62. The summed E-state index contributed by atoms with van der Waals surface area (Å²) in [6.45, 7) is 9.60. The first kappa shape index (κ1) is 21.5. The van der Waals surface area contributed by atoms with Gasteiger partial charge in [0.2, 0.25) is 5.91 Å². The fourth-order valence-electron chi connectivity index (χ4n) is 4.22. The summed E-state index contributed by atoms with van der Waals surface area (Å²) < 4.78 is 3.03. The van der Waals surface area contributed by atoms with Crippen LogP contribution in [0.1, 0.15) is 41.9 Å². The summed E-state index contributed by atoms with van der Waals surface area (Å²) in [5, 5.41) is 12.8. The van der Waals surface area contributed by atoms with Gasteiger partial charge in [-0.05, 0) is 69.5 Å². The molecule has 4 aromatic rings. The molecule has 1 atom stereocenters. The summed E-state index contributed by atoms with van der Waals surface area (Å²) in [7, 11) is 0. The number of carbonyl (C=O) groups excluding carboxylic acids is 1. The van der Waals surface area contributed by atoms with Crippen molar-refractivity contribution < 1.29 is 4.79 Å². The molecule has 2 heterocycles. The number of nitrogens with one attached hydrogen (secondary N) is 1. The van der Waals surface area contributed by atoms with Gasteiger partial charge in [0.05, 0.1) is 22.5 Å². The molecule has 2 aromatic heterocycles. The Morgan fingerprint density at radius 3 is 2.28 bits per heavy atom. The first-order valence-corrected chi connectivity index (χ1v) is 10.7. The number of nitrogens with zero attached hydrogens (tertiary/aromatic N) is 4. The molecule has 7 nitrogen and oxygen atoms in total. The molecule has 0 fully saturated rings. The Bertz CT molecular complexity index is 1350. The van der Waals surface area contributed by atoms with Crippen LogP contribution in [0.4, 0.5) is 5.69 Å². The average molecular weight is 430 g/mol. The van der Waals surface area contributed by atoms with Crippen LogP contribution in [0.25, 0.3) is 16.6 Å². The van der Waals surface area contributed by atoms with Gasteiger partial charge in [-0.1, -0.05) is 31.2 Å². The van der Waals surface area contributed by atoms with Gasteiger partial charge in [0, 0.05) is 5.69 Å². The summed E-state index contributed by atoms with van der Waals surface area (Å²) in [5.74, 6) is -0.273. The van der Waals surface area contributed by atoms with E-state index in [1.54, 1.807) is 4.68 Å². The number of benzene rings is 2. The van der Waals surface area contributed by atoms with Gasteiger partial charge in [-0.2, -0.15) is 10.2 Å². The van der Waals surface area contributed by atoms with Crippen molar-refractivity contribution in [3.05, 3.63) is 81.4 Å². The van der Waals surface area contributed by atoms with Crippen molar-refractivity contribution in [1.82, 2.24) is 19.6 Å². The lowest BCUT2D eigenvalue weighted by Gasteiger charge is -2.18. The molecular weight excluding hydrogens is 402 g/mol. The number of anilines is 1. The molecule has 0 aliphatic heterocycles. The third kappa shape index (κ3) is 3.82. The molecule has 32 heavy (non-hydrogen) atoms. The maximum Gasteiger partial charge on any atom is 0.295 e. The van der Waals surface area contributed by atoms with Crippen LogP contribution < -0.4 is 10.9 Å². The minimum absolute atomic E-state index is 0.273. The van der Waals surface area contributed by atoms with Crippen LogP contribution in [-0.2, 0) is 4.79 Å².